The summed E-state index contributed by atoms with van der Waals surface area (Å²) in [5, 5.41) is 13.9. The molecule has 5 aromatic rings. The Hall–Kier alpha value is -4.65. The highest BCUT2D eigenvalue weighted by Gasteiger charge is 2.18. The summed E-state index contributed by atoms with van der Waals surface area (Å²) in [7, 11) is 0. The molecule has 0 aliphatic carbocycles. The number of para-hydroxylation sites is 2. The molecular formula is C26H18N2O5. The number of hydrogen-bond acceptors (Lipinski definition) is 4. The molecule has 0 atom stereocenters. The number of anilines is 1. The maximum atomic E-state index is 13.1. The number of carbonyl (C=O) groups is 3. The molecule has 1 amide bonds. The van der Waals surface area contributed by atoms with Crippen LogP contribution in [0.3, 0.4) is 0 Å². The van der Waals surface area contributed by atoms with Crippen molar-refractivity contribution >= 4 is 45.3 Å². The summed E-state index contributed by atoms with van der Waals surface area (Å²) in [6.07, 6.45) is 1.49. The van der Waals surface area contributed by atoms with E-state index in [0.717, 1.165) is 5.39 Å². The van der Waals surface area contributed by atoms with E-state index in [1.54, 1.807) is 30.3 Å². The SMILES string of the molecule is CC(=O)n1cc(C(=O)Nc2cc(C(=O)O)cc(-c3cc4ccccc4o3)c2)c2ccccc21. The third kappa shape index (κ3) is 3.65. The van der Waals surface area contributed by atoms with Crippen LogP contribution in [0.5, 0.6) is 0 Å². The Labute approximate surface area is 187 Å². The van der Waals surface area contributed by atoms with Crippen LogP contribution >= 0.6 is 0 Å². The summed E-state index contributed by atoms with van der Waals surface area (Å²) >= 11 is 0. The van der Waals surface area contributed by atoms with Crippen molar-refractivity contribution in [2.75, 3.05) is 5.32 Å². The third-order valence-electron chi connectivity index (χ3n) is 5.44. The van der Waals surface area contributed by atoms with E-state index in [1.165, 1.54) is 29.8 Å². The zero-order chi connectivity index (χ0) is 23.1. The Kier molecular flexibility index (Phi) is 4.79. The Balaban J connectivity index is 1.56. The van der Waals surface area contributed by atoms with Gasteiger partial charge in [0.1, 0.15) is 11.3 Å². The van der Waals surface area contributed by atoms with Gasteiger partial charge < -0.3 is 14.8 Å². The number of carboxylic acids is 1. The number of hydrogen-bond donors (Lipinski definition) is 2. The second-order valence-electron chi connectivity index (χ2n) is 7.66. The average molecular weight is 438 g/mol. The van der Waals surface area contributed by atoms with Crippen molar-refractivity contribution in [3.63, 3.8) is 0 Å². The third-order valence-corrected chi connectivity index (χ3v) is 5.44. The molecule has 0 spiro atoms. The van der Waals surface area contributed by atoms with Crippen LogP contribution < -0.4 is 5.32 Å². The molecule has 33 heavy (non-hydrogen) atoms. The van der Waals surface area contributed by atoms with Crippen LogP contribution in [0.1, 0.15) is 32.4 Å². The van der Waals surface area contributed by atoms with Crippen molar-refractivity contribution < 1.29 is 23.9 Å². The molecule has 0 bridgehead atoms. The number of nitrogens with one attached hydrogen (secondary N) is 1. The van der Waals surface area contributed by atoms with Crippen LogP contribution in [-0.2, 0) is 0 Å². The molecule has 5 rings (SSSR count). The lowest BCUT2D eigenvalue weighted by Gasteiger charge is -2.08. The number of aromatic carboxylic acids is 1. The summed E-state index contributed by atoms with van der Waals surface area (Å²) in [6, 6.07) is 20.9. The standard InChI is InChI=1S/C26H18N2O5/c1-15(29)28-14-21(20-7-3-4-8-22(20)28)25(30)27-19-11-17(10-18(12-19)26(31)32)24-13-16-6-2-5-9-23(16)33-24/h2-14H,1H3,(H,27,30)(H,31,32). The number of fused-ring (bicyclic) bond motifs is 2. The first-order valence-corrected chi connectivity index (χ1v) is 10.2. The lowest BCUT2D eigenvalue weighted by Crippen LogP contribution is -2.12. The molecule has 2 N–H and O–H groups in total. The van der Waals surface area contributed by atoms with Gasteiger partial charge in [-0.2, -0.15) is 0 Å². The van der Waals surface area contributed by atoms with Crippen LogP contribution in [-0.4, -0.2) is 27.5 Å². The number of carboxylic acid groups (broad SMARTS) is 1. The zero-order valence-electron chi connectivity index (χ0n) is 17.5. The minimum absolute atomic E-state index is 0.00872. The summed E-state index contributed by atoms with van der Waals surface area (Å²) in [5.74, 6) is -1.31. The van der Waals surface area contributed by atoms with E-state index in [0.29, 0.717) is 39.1 Å². The zero-order valence-corrected chi connectivity index (χ0v) is 17.5. The molecule has 0 radical (unpaired) electrons. The summed E-state index contributed by atoms with van der Waals surface area (Å²) < 4.78 is 7.29. The molecule has 7 heteroatoms. The first-order valence-electron chi connectivity index (χ1n) is 10.2. The summed E-state index contributed by atoms with van der Waals surface area (Å²) in [4.78, 5) is 36.9. The molecule has 0 saturated carbocycles. The number of furan rings is 1. The molecule has 0 aliphatic rings. The van der Waals surface area contributed by atoms with Gasteiger partial charge in [-0.25, -0.2) is 4.79 Å². The first-order chi connectivity index (χ1) is 15.9. The Morgan fingerprint density at radius 2 is 1.70 bits per heavy atom. The van der Waals surface area contributed by atoms with E-state index in [9.17, 15) is 19.5 Å². The molecule has 7 nitrogen and oxygen atoms in total. The van der Waals surface area contributed by atoms with E-state index in [1.807, 2.05) is 30.3 Å². The van der Waals surface area contributed by atoms with Crippen molar-refractivity contribution in [2.24, 2.45) is 0 Å². The van der Waals surface area contributed by atoms with Gasteiger partial charge in [0.25, 0.3) is 5.91 Å². The number of carbonyl (C=O) groups excluding carboxylic acids is 2. The monoisotopic (exact) mass is 438 g/mol. The minimum atomic E-state index is -1.13. The molecule has 0 saturated heterocycles. The Morgan fingerprint density at radius 3 is 2.45 bits per heavy atom. The molecule has 3 aromatic carbocycles. The highest BCUT2D eigenvalue weighted by Crippen LogP contribution is 2.31. The largest absolute Gasteiger partial charge is 0.478 e. The van der Waals surface area contributed by atoms with Gasteiger partial charge in [0.05, 0.1) is 16.6 Å². The van der Waals surface area contributed by atoms with Crippen molar-refractivity contribution in [1.82, 2.24) is 4.57 Å². The van der Waals surface area contributed by atoms with Crippen molar-refractivity contribution in [3.8, 4) is 11.3 Å². The van der Waals surface area contributed by atoms with Gasteiger partial charge in [-0.05, 0) is 36.4 Å². The van der Waals surface area contributed by atoms with Crippen LogP contribution in [0.4, 0.5) is 5.69 Å². The molecule has 162 valence electrons. The highest BCUT2D eigenvalue weighted by molar-refractivity contribution is 6.14. The number of benzene rings is 3. The van der Waals surface area contributed by atoms with Crippen molar-refractivity contribution in [1.29, 1.82) is 0 Å². The second kappa shape index (κ2) is 7.80. The predicted molar refractivity (Wildman–Crippen MR) is 125 cm³/mol. The van der Waals surface area contributed by atoms with Crippen molar-refractivity contribution in [3.05, 3.63) is 90.1 Å². The first kappa shape index (κ1) is 20.3. The molecule has 2 aromatic heterocycles. The Morgan fingerprint density at radius 1 is 0.939 bits per heavy atom. The van der Waals surface area contributed by atoms with E-state index >= 15 is 0 Å². The molecular weight excluding hydrogens is 420 g/mol. The van der Waals surface area contributed by atoms with Crippen LogP contribution in [0, 0.1) is 0 Å². The number of amides is 1. The van der Waals surface area contributed by atoms with Gasteiger partial charge in [-0.1, -0.05) is 36.4 Å². The van der Waals surface area contributed by atoms with E-state index in [4.69, 9.17) is 4.42 Å². The number of aromatic nitrogens is 1. The maximum Gasteiger partial charge on any atom is 0.335 e. The minimum Gasteiger partial charge on any atom is -0.478 e. The number of rotatable bonds is 4. The fourth-order valence-electron chi connectivity index (χ4n) is 3.91. The van der Waals surface area contributed by atoms with Gasteiger partial charge in [0, 0.05) is 35.1 Å². The van der Waals surface area contributed by atoms with Crippen LogP contribution in [0.2, 0.25) is 0 Å². The fraction of sp³-hybridized carbons (Fsp3) is 0.0385. The van der Waals surface area contributed by atoms with Gasteiger partial charge >= 0.3 is 5.97 Å². The Bertz CT molecular complexity index is 1540. The molecule has 0 unspecified atom stereocenters. The van der Waals surface area contributed by atoms with E-state index in [2.05, 4.69) is 5.32 Å². The fourth-order valence-corrected chi connectivity index (χ4v) is 3.91. The van der Waals surface area contributed by atoms with Gasteiger partial charge in [-0.3, -0.25) is 14.2 Å². The molecule has 2 heterocycles. The topological polar surface area (TPSA) is 102 Å². The quantitative estimate of drug-likeness (QED) is 0.377. The van der Waals surface area contributed by atoms with E-state index < -0.39 is 11.9 Å². The summed E-state index contributed by atoms with van der Waals surface area (Å²) in [5.41, 5.74) is 2.44. The van der Waals surface area contributed by atoms with Gasteiger partial charge in [0.15, 0.2) is 0 Å². The number of nitrogens with zero attached hydrogens (tertiary/aromatic N) is 1. The van der Waals surface area contributed by atoms with Crippen molar-refractivity contribution in [2.45, 2.75) is 6.92 Å². The second-order valence-corrected chi connectivity index (χ2v) is 7.66. The maximum absolute atomic E-state index is 13.1. The van der Waals surface area contributed by atoms with Crippen LogP contribution in [0.15, 0.2) is 83.4 Å². The molecule has 0 fully saturated rings. The smallest absolute Gasteiger partial charge is 0.335 e. The highest BCUT2D eigenvalue weighted by atomic mass is 16.4. The van der Waals surface area contributed by atoms with Crippen LogP contribution in [0.25, 0.3) is 33.2 Å². The lowest BCUT2D eigenvalue weighted by molar-refractivity contribution is 0.0696. The normalized spacial score (nSPS) is 11.1. The predicted octanol–water partition coefficient (Wildman–Crippen LogP) is 5.67. The molecule has 0 aliphatic heterocycles. The summed E-state index contributed by atoms with van der Waals surface area (Å²) in [6.45, 7) is 1.42. The lowest BCUT2D eigenvalue weighted by atomic mass is 10.1. The van der Waals surface area contributed by atoms with E-state index in [-0.39, 0.29) is 11.5 Å². The van der Waals surface area contributed by atoms with Gasteiger partial charge in [0.2, 0.25) is 5.91 Å². The van der Waals surface area contributed by atoms with Gasteiger partial charge in [-0.15, -0.1) is 0 Å². The average Bonchev–Trinajstić information content (AvgIpc) is 3.41.